The number of halogens is 4. The molecule has 0 aliphatic heterocycles. The van der Waals surface area contributed by atoms with Crippen molar-refractivity contribution in [3.05, 3.63) is 12.6 Å². The van der Waals surface area contributed by atoms with Crippen LogP contribution in [0.1, 0.15) is 0 Å². The molecule has 8 heavy (non-hydrogen) atoms. The summed E-state index contributed by atoms with van der Waals surface area (Å²) in [4.78, 5) is 0. The van der Waals surface area contributed by atoms with Gasteiger partial charge in [0.2, 0.25) is 0 Å². The first-order chi connectivity index (χ1) is 3.56. The van der Waals surface area contributed by atoms with Crippen LogP contribution in [-0.2, 0) is 4.74 Å². The second-order valence-corrected chi connectivity index (χ2v) is 1.27. The Morgan fingerprint density at radius 1 is 1.50 bits per heavy atom. The van der Waals surface area contributed by atoms with Gasteiger partial charge in [-0.1, -0.05) is 0 Å². The van der Waals surface area contributed by atoms with E-state index in [1.54, 1.807) is 0 Å². The second-order valence-electron chi connectivity index (χ2n) is 0.826. The molecule has 0 radical (unpaired) electrons. The van der Waals surface area contributed by atoms with Gasteiger partial charge >= 0.3 is 5.57 Å². The van der Waals surface area contributed by atoms with Crippen LogP contribution in [0, 0.1) is 0 Å². The largest absolute Gasteiger partial charge is 0.486 e. The Morgan fingerprint density at radius 3 is 2.12 bits per heavy atom. The molecule has 5 heteroatoms. The first-order valence-corrected chi connectivity index (χ1v) is 1.94. The molecule has 0 saturated carbocycles. The highest BCUT2D eigenvalue weighted by molar-refractivity contribution is 6.20. The molecule has 0 bridgehead atoms. The van der Waals surface area contributed by atoms with E-state index in [9.17, 15) is 13.2 Å². The SMILES string of the molecule is FC=COC(F)(F)Cl. The van der Waals surface area contributed by atoms with E-state index in [2.05, 4.69) is 16.3 Å². The molecular weight excluding hydrogens is 144 g/mol. The molecule has 0 spiro atoms. The monoisotopic (exact) mass is 146 g/mol. The molecule has 0 rings (SSSR count). The van der Waals surface area contributed by atoms with Crippen LogP contribution in [0.5, 0.6) is 0 Å². The molecule has 0 aromatic heterocycles. The number of ether oxygens (including phenoxy) is 1. The van der Waals surface area contributed by atoms with E-state index in [-0.39, 0.29) is 12.6 Å². The number of hydrogen-bond donors (Lipinski definition) is 0. The zero-order chi connectivity index (χ0) is 6.62. The van der Waals surface area contributed by atoms with E-state index < -0.39 is 5.57 Å². The molecule has 0 amide bonds. The van der Waals surface area contributed by atoms with Crippen molar-refractivity contribution in [1.29, 1.82) is 0 Å². The van der Waals surface area contributed by atoms with Crippen LogP contribution in [0.2, 0.25) is 0 Å². The van der Waals surface area contributed by atoms with Crippen LogP contribution in [0.4, 0.5) is 13.2 Å². The highest BCUT2D eigenvalue weighted by Gasteiger charge is 2.24. The van der Waals surface area contributed by atoms with Crippen LogP contribution < -0.4 is 0 Å². The second kappa shape index (κ2) is 2.81. The summed E-state index contributed by atoms with van der Waals surface area (Å²) in [5, 5.41) is 0. The summed E-state index contributed by atoms with van der Waals surface area (Å²) < 4.78 is 36.6. The molecule has 0 aromatic rings. The Morgan fingerprint density at radius 2 is 2.00 bits per heavy atom. The van der Waals surface area contributed by atoms with Gasteiger partial charge in [0.25, 0.3) is 0 Å². The molecule has 0 N–H and O–H groups in total. The van der Waals surface area contributed by atoms with E-state index in [0.717, 1.165) is 0 Å². The molecule has 48 valence electrons. The van der Waals surface area contributed by atoms with E-state index in [4.69, 9.17) is 0 Å². The van der Waals surface area contributed by atoms with Gasteiger partial charge in [-0.2, -0.15) is 0 Å². The maximum atomic E-state index is 11.2. The summed E-state index contributed by atoms with van der Waals surface area (Å²) in [5.41, 5.74) is -3.80. The van der Waals surface area contributed by atoms with Crippen molar-refractivity contribution in [2.75, 3.05) is 0 Å². The van der Waals surface area contributed by atoms with Crippen molar-refractivity contribution < 1.29 is 17.9 Å². The van der Waals surface area contributed by atoms with Gasteiger partial charge < -0.3 is 4.74 Å². The topological polar surface area (TPSA) is 9.23 Å². The van der Waals surface area contributed by atoms with Gasteiger partial charge in [-0.3, -0.25) is 0 Å². The first kappa shape index (κ1) is 7.62. The van der Waals surface area contributed by atoms with Gasteiger partial charge in [-0.05, 0) is 0 Å². The highest BCUT2D eigenvalue weighted by Crippen LogP contribution is 2.19. The number of alkyl halides is 3. The van der Waals surface area contributed by atoms with Crippen LogP contribution >= 0.6 is 11.6 Å². The molecular formula is C3H2ClF3O. The van der Waals surface area contributed by atoms with Gasteiger partial charge in [0.05, 0.1) is 0 Å². The standard InChI is InChI=1S/C3H2ClF3O/c4-3(6,7)8-2-1-5/h1-2H. The summed E-state index contributed by atoms with van der Waals surface area (Å²) in [5.74, 6) is 0. The third kappa shape index (κ3) is 5.62. The minimum absolute atomic E-state index is 0.160. The lowest BCUT2D eigenvalue weighted by atomic mass is 11.1. The lowest BCUT2D eigenvalue weighted by Gasteiger charge is -2.02. The Kier molecular flexibility index (Phi) is 2.68. The van der Waals surface area contributed by atoms with Gasteiger partial charge in [0.1, 0.15) is 12.6 Å². The molecule has 0 atom stereocenters. The lowest BCUT2D eigenvalue weighted by Crippen LogP contribution is -2.06. The first-order valence-electron chi connectivity index (χ1n) is 1.56. The molecule has 1 nitrogen and oxygen atoms in total. The average molecular weight is 146 g/mol. The van der Waals surface area contributed by atoms with Gasteiger partial charge in [0, 0.05) is 11.6 Å². The fourth-order valence-electron chi connectivity index (χ4n) is 0.103. The van der Waals surface area contributed by atoms with Crippen LogP contribution in [0.25, 0.3) is 0 Å². The third-order valence-corrected chi connectivity index (χ3v) is 0.342. The lowest BCUT2D eigenvalue weighted by molar-refractivity contribution is -0.129. The van der Waals surface area contributed by atoms with Gasteiger partial charge in [-0.15, -0.1) is 8.78 Å². The summed E-state index contributed by atoms with van der Waals surface area (Å²) in [6.45, 7) is 0. The summed E-state index contributed by atoms with van der Waals surface area (Å²) in [6, 6.07) is 0. The predicted molar refractivity (Wildman–Crippen MR) is 22.1 cm³/mol. The molecule has 0 aliphatic rings. The summed E-state index contributed by atoms with van der Waals surface area (Å²) >= 11 is 4.14. The zero-order valence-electron chi connectivity index (χ0n) is 3.57. The number of hydrogen-bond acceptors (Lipinski definition) is 1. The molecule has 0 aromatic carbocycles. The third-order valence-electron chi connectivity index (χ3n) is 0.253. The number of rotatable bonds is 2. The van der Waals surface area contributed by atoms with Crippen LogP contribution in [0.3, 0.4) is 0 Å². The van der Waals surface area contributed by atoms with Crippen molar-refractivity contribution in [1.82, 2.24) is 0 Å². The molecule has 0 saturated heterocycles. The Balaban J connectivity index is 3.39. The van der Waals surface area contributed by atoms with Crippen molar-refractivity contribution in [2.45, 2.75) is 5.57 Å². The average Bonchev–Trinajstić information content (AvgIpc) is 1.59. The smallest absolute Gasteiger partial charge is 0.426 e. The minimum atomic E-state index is -3.80. The van der Waals surface area contributed by atoms with Crippen molar-refractivity contribution in [2.24, 2.45) is 0 Å². The van der Waals surface area contributed by atoms with Crippen molar-refractivity contribution in [3.63, 3.8) is 0 Å². The Hall–Kier alpha value is -0.380. The van der Waals surface area contributed by atoms with Crippen molar-refractivity contribution in [3.8, 4) is 0 Å². The maximum absolute atomic E-state index is 11.2. The van der Waals surface area contributed by atoms with E-state index in [1.165, 1.54) is 0 Å². The van der Waals surface area contributed by atoms with Crippen LogP contribution in [-0.4, -0.2) is 5.57 Å². The van der Waals surface area contributed by atoms with E-state index >= 15 is 0 Å². The normalized spacial score (nSPS) is 12.5. The van der Waals surface area contributed by atoms with Crippen LogP contribution in [0.15, 0.2) is 12.6 Å². The maximum Gasteiger partial charge on any atom is 0.486 e. The molecule has 0 fully saturated rings. The van der Waals surface area contributed by atoms with Gasteiger partial charge in [0.15, 0.2) is 0 Å². The van der Waals surface area contributed by atoms with Gasteiger partial charge in [-0.25, -0.2) is 4.39 Å². The summed E-state index contributed by atoms with van der Waals surface area (Å²) in [6.07, 6.45) is -0.0245. The zero-order valence-corrected chi connectivity index (χ0v) is 4.33. The molecule has 0 aliphatic carbocycles. The van der Waals surface area contributed by atoms with E-state index in [0.29, 0.717) is 0 Å². The van der Waals surface area contributed by atoms with Crippen molar-refractivity contribution >= 4 is 11.6 Å². The Bertz CT molecular complexity index is 87.0. The highest BCUT2D eigenvalue weighted by atomic mass is 35.5. The fourth-order valence-corrected chi connectivity index (χ4v) is 0.154. The Labute approximate surface area is 48.7 Å². The summed E-state index contributed by atoms with van der Waals surface area (Å²) in [7, 11) is 0. The minimum Gasteiger partial charge on any atom is -0.426 e. The fraction of sp³-hybridized carbons (Fsp3) is 0.333. The predicted octanol–water partition coefficient (Wildman–Crippen LogP) is 2.23. The quantitative estimate of drug-likeness (QED) is 0.429. The molecule has 0 unspecified atom stereocenters. The molecule has 0 heterocycles. The van der Waals surface area contributed by atoms with E-state index in [1.807, 2.05) is 0 Å².